The van der Waals surface area contributed by atoms with Crippen LogP contribution in [-0.4, -0.2) is 45.3 Å². The van der Waals surface area contributed by atoms with Crippen LogP contribution in [0.3, 0.4) is 0 Å². The number of anilines is 1. The third-order valence-electron chi connectivity index (χ3n) is 5.07. The molecule has 1 aromatic heterocycles. The highest BCUT2D eigenvalue weighted by molar-refractivity contribution is 7.14. The highest BCUT2D eigenvalue weighted by Crippen LogP contribution is 2.26. The number of hydrogen-bond donors (Lipinski definition) is 2. The van der Waals surface area contributed by atoms with Crippen LogP contribution in [0.4, 0.5) is 5.00 Å². The van der Waals surface area contributed by atoms with Gasteiger partial charge in [0.15, 0.2) is 5.96 Å². The van der Waals surface area contributed by atoms with Crippen LogP contribution in [0.5, 0.6) is 5.75 Å². The lowest BCUT2D eigenvalue weighted by Crippen LogP contribution is -2.49. The van der Waals surface area contributed by atoms with Crippen molar-refractivity contribution >= 4 is 22.3 Å². The SMILES string of the molecule is CN=C(NCCOc1ccccc1C(C)C)NC1CCN(c2cccs2)CC1. The molecule has 152 valence electrons. The minimum absolute atomic E-state index is 0.457. The number of guanidine groups is 1. The van der Waals surface area contributed by atoms with Gasteiger partial charge in [-0.3, -0.25) is 4.99 Å². The van der Waals surface area contributed by atoms with Crippen LogP contribution >= 0.6 is 11.3 Å². The number of para-hydroxylation sites is 1. The first-order chi connectivity index (χ1) is 13.7. The number of aliphatic imine (C=N–C) groups is 1. The first kappa shape index (κ1) is 20.5. The summed E-state index contributed by atoms with van der Waals surface area (Å²) in [4.78, 5) is 6.84. The van der Waals surface area contributed by atoms with Gasteiger partial charge < -0.3 is 20.3 Å². The van der Waals surface area contributed by atoms with Gasteiger partial charge in [-0.05, 0) is 47.9 Å². The fourth-order valence-electron chi connectivity index (χ4n) is 3.50. The summed E-state index contributed by atoms with van der Waals surface area (Å²) in [5.74, 6) is 2.29. The lowest BCUT2D eigenvalue weighted by atomic mass is 10.0. The van der Waals surface area contributed by atoms with E-state index >= 15 is 0 Å². The molecule has 2 N–H and O–H groups in total. The van der Waals surface area contributed by atoms with Gasteiger partial charge in [-0.1, -0.05) is 32.0 Å². The summed E-state index contributed by atoms with van der Waals surface area (Å²) in [7, 11) is 1.82. The van der Waals surface area contributed by atoms with Crippen LogP contribution < -0.4 is 20.3 Å². The molecule has 0 radical (unpaired) electrons. The second-order valence-electron chi connectivity index (χ2n) is 7.40. The van der Waals surface area contributed by atoms with Crippen molar-refractivity contribution in [2.24, 2.45) is 4.99 Å². The molecule has 0 aliphatic carbocycles. The molecule has 1 aliphatic heterocycles. The molecule has 1 fully saturated rings. The minimum Gasteiger partial charge on any atom is -0.491 e. The smallest absolute Gasteiger partial charge is 0.191 e. The molecule has 1 saturated heterocycles. The molecule has 3 rings (SSSR count). The average Bonchev–Trinajstić information content (AvgIpc) is 3.26. The molecular formula is C22H32N4OS. The Labute approximate surface area is 172 Å². The molecule has 0 atom stereocenters. The largest absolute Gasteiger partial charge is 0.491 e. The van der Waals surface area contributed by atoms with E-state index in [-0.39, 0.29) is 0 Å². The molecule has 0 unspecified atom stereocenters. The molecule has 1 aliphatic rings. The van der Waals surface area contributed by atoms with E-state index in [0.29, 0.717) is 18.6 Å². The summed E-state index contributed by atoms with van der Waals surface area (Å²) in [5.41, 5.74) is 1.25. The molecule has 0 saturated carbocycles. The maximum Gasteiger partial charge on any atom is 0.191 e. The molecule has 5 nitrogen and oxygen atoms in total. The number of thiophene rings is 1. The van der Waals surface area contributed by atoms with E-state index in [2.05, 4.69) is 64.0 Å². The van der Waals surface area contributed by atoms with Gasteiger partial charge in [0.1, 0.15) is 12.4 Å². The lowest BCUT2D eigenvalue weighted by Gasteiger charge is -2.33. The Morgan fingerprint density at radius 1 is 1.21 bits per heavy atom. The van der Waals surface area contributed by atoms with E-state index in [0.717, 1.165) is 44.2 Å². The zero-order chi connectivity index (χ0) is 19.8. The number of rotatable bonds is 7. The standard InChI is InChI=1S/C22H32N4OS/c1-17(2)19-7-4-5-8-20(19)27-15-12-24-22(23-3)25-18-10-13-26(14-11-18)21-9-6-16-28-21/h4-9,16-18H,10-15H2,1-3H3,(H2,23,24,25). The van der Waals surface area contributed by atoms with Crippen molar-refractivity contribution in [1.29, 1.82) is 0 Å². The molecule has 0 amide bonds. The number of piperidine rings is 1. The van der Waals surface area contributed by atoms with Crippen molar-refractivity contribution in [3.8, 4) is 5.75 Å². The molecule has 2 aromatic rings. The van der Waals surface area contributed by atoms with E-state index in [9.17, 15) is 0 Å². The zero-order valence-corrected chi connectivity index (χ0v) is 18.0. The monoisotopic (exact) mass is 400 g/mol. The number of benzene rings is 1. The number of nitrogens with one attached hydrogen (secondary N) is 2. The van der Waals surface area contributed by atoms with Crippen LogP contribution in [0, 0.1) is 0 Å². The van der Waals surface area contributed by atoms with Gasteiger partial charge in [-0.2, -0.15) is 0 Å². The average molecular weight is 401 g/mol. The first-order valence-corrected chi connectivity index (χ1v) is 11.0. The highest BCUT2D eigenvalue weighted by Gasteiger charge is 2.20. The maximum atomic E-state index is 5.99. The van der Waals surface area contributed by atoms with E-state index in [1.54, 1.807) is 0 Å². The van der Waals surface area contributed by atoms with Gasteiger partial charge in [-0.15, -0.1) is 11.3 Å². The highest BCUT2D eigenvalue weighted by atomic mass is 32.1. The molecule has 6 heteroatoms. The molecule has 28 heavy (non-hydrogen) atoms. The number of hydrogen-bond acceptors (Lipinski definition) is 4. The third-order valence-corrected chi connectivity index (χ3v) is 6.00. The Morgan fingerprint density at radius 2 is 2.00 bits per heavy atom. The van der Waals surface area contributed by atoms with Crippen LogP contribution in [-0.2, 0) is 0 Å². The summed E-state index contributed by atoms with van der Waals surface area (Å²) in [5, 5.41) is 10.5. The van der Waals surface area contributed by atoms with Crippen molar-refractivity contribution < 1.29 is 4.74 Å². The Kier molecular flexibility index (Phi) is 7.60. The van der Waals surface area contributed by atoms with Crippen molar-refractivity contribution in [1.82, 2.24) is 10.6 Å². The second-order valence-corrected chi connectivity index (χ2v) is 8.32. The van der Waals surface area contributed by atoms with E-state index in [1.807, 2.05) is 30.5 Å². The van der Waals surface area contributed by atoms with Crippen molar-refractivity contribution in [3.05, 3.63) is 47.3 Å². The summed E-state index contributed by atoms with van der Waals surface area (Å²) < 4.78 is 5.99. The topological polar surface area (TPSA) is 48.9 Å². The van der Waals surface area contributed by atoms with Gasteiger partial charge in [0.25, 0.3) is 0 Å². The van der Waals surface area contributed by atoms with E-state index < -0.39 is 0 Å². The van der Waals surface area contributed by atoms with Crippen LogP contribution in [0.25, 0.3) is 0 Å². The van der Waals surface area contributed by atoms with Crippen LogP contribution in [0.1, 0.15) is 38.2 Å². The number of nitrogens with zero attached hydrogens (tertiary/aromatic N) is 2. The second kappa shape index (κ2) is 10.4. The third kappa shape index (κ3) is 5.64. The molecule has 1 aromatic carbocycles. The number of ether oxygens (including phenoxy) is 1. The zero-order valence-electron chi connectivity index (χ0n) is 17.1. The lowest BCUT2D eigenvalue weighted by molar-refractivity contribution is 0.317. The predicted octanol–water partition coefficient (Wildman–Crippen LogP) is 4.08. The Balaban J connectivity index is 1.39. The van der Waals surface area contributed by atoms with Crippen molar-refractivity contribution in [3.63, 3.8) is 0 Å². The fourth-order valence-corrected chi connectivity index (χ4v) is 4.29. The summed E-state index contributed by atoms with van der Waals surface area (Å²) in [6, 6.07) is 13.1. The van der Waals surface area contributed by atoms with Gasteiger partial charge in [0, 0.05) is 26.2 Å². The van der Waals surface area contributed by atoms with Gasteiger partial charge in [0.2, 0.25) is 0 Å². The Morgan fingerprint density at radius 3 is 2.68 bits per heavy atom. The summed E-state index contributed by atoms with van der Waals surface area (Å²) in [6.07, 6.45) is 2.24. The van der Waals surface area contributed by atoms with E-state index in [4.69, 9.17) is 4.74 Å². The van der Waals surface area contributed by atoms with Gasteiger partial charge in [-0.25, -0.2) is 0 Å². The van der Waals surface area contributed by atoms with E-state index in [1.165, 1.54) is 10.6 Å². The van der Waals surface area contributed by atoms with Gasteiger partial charge >= 0.3 is 0 Å². The van der Waals surface area contributed by atoms with Crippen LogP contribution in [0.2, 0.25) is 0 Å². The Hall–Kier alpha value is -2.21. The normalized spacial score (nSPS) is 15.7. The van der Waals surface area contributed by atoms with Crippen molar-refractivity contribution in [2.45, 2.75) is 38.6 Å². The minimum atomic E-state index is 0.457. The molecule has 0 spiro atoms. The Bertz CT molecular complexity index is 737. The van der Waals surface area contributed by atoms with Crippen LogP contribution in [0.15, 0.2) is 46.8 Å². The summed E-state index contributed by atoms with van der Waals surface area (Å²) in [6.45, 7) is 7.89. The molecular weight excluding hydrogens is 368 g/mol. The predicted molar refractivity (Wildman–Crippen MR) is 120 cm³/mol. The maximum absolute atomic E-state index is 5.99. The molecule has 2 heterocycles. The quantitative estimate of drug-likeness (QED) is 0.418. The van der Waals surface area contributed by atoms with Gasteiger partial charge in [0.05, 0.1) is 11.5 Å². The molecule has 0 bridgehead atoms. The fraction of sp³-hybridized carbons (Fsp3) is 0.500. The van der Waals surface area contributed by atoms with Crippen molar-refractivity contribution in [2.75, 3.05) is 38.2 Å². The first-order valence-electron chi connectivity index (χ1n) is 10.1. The summed E-state index contributed by atoms with van der Waals surface area (Å²) >= 11 is 1.82.